The van der Waals surface area contributed by atoms with Crippen molar-refractivity contribution in [2.24, 2.45) is 0 Å². The van der Waals surface area contributed by atoms with E-state index >= 15 is 0 Å². The van der Waals surface area contributed by atoms with Crippen LogP contribution in [0.4, 0.5) is 5.69 Å². The normalized spacial score (nSPS) is 10.1. The zero-order valence-corrected chi connectivity index (χ0v) is 9.32. The van der Waals surface area contributed by atoms with E-state index in [0.29, 0.717) is 23.1 Å². The molecule has 2 rings (SSSR count). The molecule has 1 heterocycles. The van der Waals surface area contributed by atoms with Gasteiger partial charge in [-0.05, 0) is 18.2 Å². The predicted molar refractivity (Wildman–Crippen MR) is 64.4 cm³/mol. The van der Waals surface area contributed by atoms with Gasteiger partial charge in [0, 0.05) is 29.0 Å². The quantitative estimate of drug-likeness (QED) is 0.831. The highest BCUT2D eigenvalue weighted by molar-refractivity contribution is 6.30. The Morgan fingerprint density at radius 3 is 2.94 bits per heavy atom. The van der Waals surface area contributed by atoms with Gasteiger partial charge in [0.1, 0.15) is 12.4 Å². The van der Waals surface area contributed by atoms with E-state index in [0.717, 1.165) is 5.56 Å². The number of anilines is 1. The summed E-state index contributed by atoms with van der Waals surface area (Å²) in [5, 5.41) is 0.607. The summed E-state index contributed by atoms with van der Waals surface area (Å²) >= 11 is 5.85. The summed E-state index contributed by atoms with van der Waals surface area (Å²) in [6.07, 6.45) is 3.47. The fourth-order valence-electron chi connectivity index (χ4n) is 1.28. The first kappa shape index (κ1) is 10.8. The molecule has 2 aromatic rings. The van der Waals surface area contributed by atoms with Crippen molar-refractivity contribution in [2.45, 2.75) is 6.61 Å². The molecule has 82 valence electrons. The highest BCUT2D eigenvalue weighted by Gasteiger charge is 2.01. The molecule has 0 aliphatic heterocycles. The summed E-state index contributed by atoms with van der Waals surface area (Å²) in [6.45, 7) is 0.429. The summed E-state index contributed by atoms with van der Waals surface area (Å²) in [6, 6.07) is 8.95. The number of halogens is 1. The molecule has 0 amide bonds. The molecular formula is C12H11ClN2O. The first-order valence-electron chi connectivity index (χ1n) is 4.82. The van der Waals surface area contributed by atoms with Crippen molar-refractivity contribution in [3.05, 3.63) is 53.3 Å². The summed E-state index contributed by atoms with van der Waals surface area (Å²) in [5.41, 5.74) is 7.32. The highest BCUT2D eigenvalue weighted by atomic mass is 35.5. The maximum absolute atomic E-state index is 5.85. The average molecular weight is 235 g/mol. The number of hydrogen-bond acceptors (Lipinski definition) is 3. The number of nitrogens with zero attached hydrogens (tertiary/aromatic N) is 1. The number of nitrogens with two attached hydrogens (primary N) is 1. The zero-order chi connectivity index (χ0) is 11.4. The van der Waals surface area contributed by atoms with Gasteiger partial charge in [0.2, 0.25) is 0 Å². The second kappa shape index (κ2) is 4.86. The van der Waals surface area contributed by atoms with Gasteiger partial charge in [0.05, 0.1) is 5.69 Å². The maximum Gasteiger partial charge on any atom is 0.144 e. The van der Waals surface area contributed by atoms with Gasteiger partial charge in [-0.2, -0.15) is 0 Å². The average Bonchev–Trinajstić information content (AvgIpc) is 2.32. The molecule has 16 heavy (non-hydrogen) atoms. The fraction of sp³-hybridized carbons (Fsp3) is 0.0833. The molecule has 2 N–H and O–H groups in total. The summed E-state index contributed by atoms with van der Waals surface area (Å²) in [5.74, 6) is 0.594. The third kappa shape index (κ3) is 2.64. The lowest BCUT2D eigenvalue weighted by Crippen LogP contribution is -1.98. The predicted octanol–water partition coefficient (Wildman–Crippen LogP) is 2.90. The number of nitrogen functional groups attached to an aromatic ring is 1. The second-order valence-corrected chi connectivity index (χ2v) is 3.77. The van der Waals surface area contributed by atoms with Gasteiger partial charge in [-0.1, -0.05) is 17.7 Å². The van der Waals surface area contributed by atoms with E-state index in [9.17, 15) is 0 Å². The Kier molecular flexibility index (Phi) is 3.27. The minimum absolute atomic E-state index is 0.429. The lowest BCUT2D eigenvalue weighted by molar-refractivity contribution is 0.307. The Bertz CT molecular complexity index is 474. The molecule has 4 heteroatoms. The molecule has 0 saturated carbocycles. The van der Waals surface area contributed by atoms with Gasteiger partial charge < -0.3 is 10.5 Å². The molecule has 0 fully saturated rings. The van der Waals surface area contributed by atoms with Crippen molar-refractivity contribution >= 4 is 17.3 Å². The van der Waals surface area contributed by atoms with Crippen LogP contribution in [0.15, 0.2) is 42.7 Å². The van der Waals surface area contributed by atoms with E-state index < -0.39 is 0 Å². The number of pyridine rings is 1. The maximum atomic E-state index is 5.85. The molecule has 0 unspecified atom stereocenters. The fourth-order valence-corrected chi connectivity index (χ4v) is 1.44. The van der Waals surface area contributed by atoms with Crippen molar-refractivity contribution in [3.8, 4) is 5.75 Å². The van der Waals surface area contributed by atoms with E-state index in [1.807, 2.05) is 12.1 Å². The Labute approximate surface area is 98.8 Å². The van der Waals surface area contributed by atoms with E-state index in [1.54, 1.807) is 30.6 Å². The minimum atomic E-state index is 0.429. The first-order chi connectivity index (χ1) is 7.75. The van der Waals surface area contributed by atoms with Gasteiger partial charge in [0.25, 0.3) is 0 Å². The van der Waals surface area contributed by atoms with Crippen LogP contribution in [-0.4, -0.2) is 4.98 Å². The number of aromatic nitrogens is 1. The van der Waals surface area contributed by atoms with Crippen molar-refractivity contribution in [2.75, 3.05) is 5.73 Å². The van der Waals surface area contributed by atoms with Gasteiger partial charge in [-0.25, -0.2) is 0 Å². The molecule has 0 aliphatic carbocycles. The minimum Gasteiger partial charge on any atom is -0.487 e. The first-order valence-corrected chi connectivity index (χ1v) is 5.20. The smallest absolute Gasteiger partial charge is 0.144 e. The van der Waals surface area contributed by atoms with Crippen molar-refractivity contribution < 1.29 is 4.74 Å². The van der Waals surface area contributed by atoms with Gasteiger partial charge in [-0.3, -0.25) is 4.98 Å². The van der Waals surface area contributed by atoms with Crippen LogP contribution < -0.4 is 10.5 Å². The molecular weight excluding hydrogens is 224 g/mol. The van der Waals surface area contributed by atoms with Gasteiger partial charge in [-0.15, -0.1) is 0 Å². The molecule has 1 aromatic carbocycles. The third-order valence-corrected chi connectivity index (χ3v) is 2.33. The van der Waals surface area contributed by atoms with Crippen molar-refractivity contribution in [1.82, 2.24) is 4.98 Å². The molecule has 0 atom stereocenters. The van der Waals surface area contributed by atoms with E-state index in [4.69, 9.17) is 22.1 Å². The lowest BCUT2D eigenvalue weighted by Gasteiger charge is -2.08. The Morgan fingerprint density at radius 1 is 1.31 bits per heavy atom. The van der Waals surface area contributed by atoms with Gasteiger partial charge >= 0.3 is 0 Å². The highest BCUT2D eigenvalue weighted by Crippen LogP contribution is 2.25. The zero-order valence-electron chi connectivity index (χ0n) is 8.56. The van der Waals surface area contributed by atoms with Crippen LogP contribution >= 0.6 is 11.6 Å². The molecule has 0 saturated heterocycles. The third-order valence-electron chi connectivity index (χ3n) is 2.09. The number of ether oxygens (including phenoxy) is 1. The van der Waals surface area contributed by atoms with Crippen LogP contribution in [-0.2, 0) is 6.61 Å². The number of hydrogen-bond donors (Lipinski definition) is 1. The van der Waals surface area contributed by atoms with Crippen LogP contribution in [0.1, 0.15) is 5.56 Å². The Balaban J connectivity index is 2.08. The topological polar surface area (TPSA) is 48.1 Å². The van der Waals surface area contributed by atoms with Crippen molar-refractivity contribution in [1.29, 1.82) is 0 Å². The molecule has 0 radical (unpaired) electrons. The van der Waals surface area contributed by atoms with Gasteiger partial charge in [0.15, 0.2) is 0 Å². The lowest BCUT2D eigenvalue weighted by atomic mass is 10.3. The van der Waals surface area contributed by atoms with Crippen molar-refractivity contribution in [3.63, 3.8) is 0 Å². The van der Waals surface area contributed by atoms with Crippen LogP contribution in [0, 0.1) is 0 Å². The van der Waals surface area contributed by atoms with Crippen LogP contribution in [0.2, 0.25) is 5.02 Å². The Morgan fingerprint density at radius 2 is 2.19 bits per heavy atom. The summed E-state index contributed by atoms with van der Waals surface area (Å²) < 4.78 is 5.55. The molecule has 0 aliphatic rings. The molecule has 0 spiro atoms. The van der Waals surface area contributed by atoms with E-state index in [1.165, 1.54) is 0 Å². The summed E-state index contributed by atoms with van der Waals surface area (Å²) in [4.78, 5) is 4.00. The van der Waals surface area contributed by atoms with Crippen LogP contribution in [0.3, 0.4) is 0 Å². The largest absolute Gasteiger partial charge is 0.487 e. The monoisotopic (exact) mass is 234 g/mol. The second-order valence-electron chi connectivity index (χ2n) is 3.33. The SMILES string of the molecule is Nc1ccc(Cl)cc1OCc1cccnc1. The molecule has 0 bridgehead atoms. The number of benzene rings is 1. The van der Waals surface area contributed by atoms with E-state index in [-0.39, 0.29) is 0 Å². The van der Waals surface area contributed by atoms with E-state index in [2.05, 4.69) is 4.98 Å². The van der Waals surface area contributed by atoms with Crippen LogP contribution in [0.5, 0.6) is 5.75 Å². The Hall–Kier alpha value is -1.74. The molecule has 1 aromatic heterocycles. The standard InChI is InChI=1S/C12H11ClN2O/c13-10-3-4-11(14)12(6-10)16-8-9-2-1-5-15-7-9/h1-7H,8,14H2. The molecule has 3 nitrogen and oxygen atoms in total. The number of rotatable bonds is 3. The van der Waals surface area contributed by atoms with Crippen LogP contribution in [0.25, 0.3) is 0 Å². The summed E-state index contributed by atoms with van der Waals surface area (Å²) in [7, 11) is 0.